The molecule has 0 bridgehead atoms. The molecule has 1 heterocycles. The monoisotopic (exact) mass is 188 g/mol. The zero-order valence-corrected chi connectivity index (χ0v) is 6.38. The van der Waals surface area contributed by atoms with E-state index in [-0.39, 0.29) is 21.0 Å². The molecule has 0 saturated carbocycles. The van der Waals surface area contributed by atoms with E-state index in [1.54, 1.807) is 0 Å². The topological polar surface area (TPSA) is 53.0 Å². The van der Waals surface area contributed by atoms with E-state index in [0.717, 1.165) is 6.07 Å². The maximum absolute atomic E-state index is 12.8. The highest BCUT2D eigenvalue weighted by molar-refractivity contribution is 6.31. The molecular formula is C6H2ClFN2O2. The van der Waals surface area contributed by atoms with Crippen LogP contribution in [0.3, 0.4) is 0 Å². The second-order valence-corrected chi connectivity index (χ2v) is 2.59. The first kappa shape index (κ1) is 7.30. The fourth-order valence-corrected chi connectivity index (χ4v) is 1.03. The quantitative estimate of drug-likeness (QED) is 0.585. The van der Waals surface area contributed by atoms with Crippen molar-refractivity contribution in [2.45, 2.75) is 0 Å². The molecule has 0 aliphatic carbocycles. The van der Waals surface area contributed by atoms with E-state index in [4.69, 9.17) is 11.6 Å². The van der Waals surface area contributed by atoms with Crippen LogP contribution < -0.4 is 4.90 Å². The number of halogens is 2. The van der Waals surface area contributed by atoms with Crippen LogP contribution in [-0.2, 0) is 0 Å². The molecular weight excluding hydrogens is 187 g/mol. The predicted octanol–water partition coefficient (Wildman–Crippen LogP) is 1.25. The minimum atomic E-state index is -0.669. The third-order valence-electron chi connectivity index (χ3n) is 1.43. The lowest BCUT2D eigenvalue weighted by atomic mass is 10.3. The summed E-state index contributed by atoms with van der Waals surface area (Å²) in [6, 6.07) is 2.20. The Hall–Kier alpha value is -1.36. The van der Waals surface area contributed by atoms with Crippen LogP contribution in [0.25, 0.3) is 11.0 Å². The normalized spacial score (nSPS) is 10.8. The largest absolute Gasteiger partial charge is 0.359 e. The number of hydrogen-bond acceptors (Lipinski definition) is 3. The number of hydrogen-bond donors (Lipinski definition) is 0. The predicted molar refractivity (Wildman–Crippen MR) is 37.9 cm³/mol. The number of nitrogens with zero attached hydrogens (tertiary/aromatic N) is 2. The summed E-state index contributed by atoms with van der Waals surface area (Å²) < 4.78 is 17.0. The Morgan fingerprint density at radius 2 is 2.33 bits per heavy atom. The van der Waals surface area contributed by atoms with Crippen molar-refractivity contribution in [1.29, 1.82) is 0 Å². The van der Waals surface area contributed by atoms with E-state index in [9.17, 15) is 9.60 Å². The Labute approximate surface area is 70.7 Å². The van der Waals surface area contributed by atoms with Crippen LogP contribution in [0.1, 0.15) is 0 Å². The molecule has 0 saturated heterocycles. The fourth-order valence-electron chi connectivity index (χ4n) is 0.870. The lowest BCUT2D eigenvalue weighted by Gasteiger charge is -1.89. The maximum Gasteiger partial charge on any atom is 0.250 e. The molecule has 0 radical (unpaired) electrons. The van der Waals surface area contributed by atoms with Crippen LogP contribution >= 0.6 is 11.6 Å². The molecule has 2 aromatic rings. The Bertz CT molecular complexity index is 442. The number of benzene rings is 1. The third-order valence-corrected chi connectivity index (χ3v) is 1.72. The van der Waals surface area contributed by atoms with Crippen LogP contribution in [-0.4, -0.2) is 5.16 Å². The van der Waals surface area contributed by atoms with Gasteiger partial charge in [-0.1, -0.05) is 11.6 Å². The van der Waals surface area contributed by atoms with E-state index in [0.29, 0.717) is 0 Å². The first-order valence-corrected chi connectivity index (χ1v) is 3.41. The molecule has 1 aromatic heterocycles. The van der Waals surface area contributed by atoms with Gasteiger partial charge < -0.3 is 5.21 Å². The second-order valence-electron chi connectivity index (χ2n) is 2.19. The molecule has 0 fully saturated rings. The standard InChI is InChI=1S/C6H2ClFN2O2/c7-3-1-5-6(2-4(3)8)10(11)12-9-5/h1-2H. The van der Waals surface area contributed by atoms with Gasteiger partial charge in [-0.2, -0.15) is 0 Å². The smallest absolute Gasteiger partial charge is 0.250 e. The van der Waals surface area contributed by atoms with Crippen LogP contribution in [0.15, 0.2) is 16.8 Å². The van der Waals surface area contributed by atoms with Crippen LogP contribution in [0.2, 0.25) is 5.02 Å². The Balaban J connectivity index is 2.87. The lowest BCUT2D eigenvalue weighted by Crippen LogP contribution is -2.22. The number of fused-ring (bicyclic) bond motifs is 1. The van der Waals surface area contributed by atoms with Gasteiger partial charge in [-0.05, 0) is 4.90 Å². The highest BCUT2D eigenvalue weighted by Crippen LogP contribution is 2.18. The van der Waals surface area contributed by atoms with E-state index >= 15 is 0 Å². The maximum atomic E-state index is 12.8. The van der Waals surface area contributed by atoms with E-state index in [2.05, 4.69) is 9.79 Å². The third kappa shape index (κ3) is 0.902. The number of rotatable bonds is 0. The van der Waals surface area contributed by atoms with Gasteiger partial charge in [0.1, 0.15) is 5.82 Å². The average Bonchev–Trinajstić information content (AvgIpc) is 2.35. The van der Waals surface area contributed by atoms with Crippen molar-refractivity contribution >= 4 is 22.6 Å². The Morgan fingerprint density at radius 3 is 3.08 bits per heavy atom. The summed E-state index contributed by atoms with van der Waals surface area (Å²) in [5.41, 5.74) is 0.258. The summed E-state index contributed by atoms with van der Waals surface area (Å²) in [6.45, 7) is 0. The molecule has 6 heteroatoms. The Kier molecular flexibility index (Phi) is 1.41. The molecule has 0 unspecified atom stereocenters. The molecule has 12 heavy (non-hydrogen) atoms. The van der Waals surface area contributed by atoms with Gasteiger partial charge in [0.15, 0.2) is 0 Å². The zero-order chi connectivity index (χ0) is 8.72. The first-order chi connectivity index (χ1) is 5.68. The van der Waals surface area contributed by atoms with Crippen LogP contribution in [0.4, 0.5) is 4.39 Å². The van der Waals surface area contributed by atoms with Crippen molar-refractivity contribution in [2.75, 3.05) is 0 Å². The van der Waals surface area contributed by atoms with Gasteiger partial charge in [0.25, 0.3) is 0 Å². The molecule has 0 N–H and O–H groups in total. The molecule has 0 spiro atoms. The fraction of sp³-hybridized carbons (Fsp3) is 0. The molecule has 0 aliphatic heterocycles. The SMILES string of the molecule is [O-][n+]1onc2cc(Cl)c(F)cc21. The number of aromatic nitrogens is 2. The summed E-state index contributed by atoms with van der Waals surface area (Å²) in [4.78, 5) is 0.120. The van der Waals surface area contributed by atoms with E-state index in [1.165, 1.54) is 6.07 Å². The van der Waals surface area contributed by atoms with E-state index < -0.39 is 5.82 Å². The van der Waals surface area contributed by atoms with E-state index in [1.807, 2.05) is 0 Å². The van der Waals surface area contributed by atoms with Crippen molar-refractivity contribution in [1.82, 2.24) is 5.16 Å². The molecule has 2 rings (SSSR count). The van der Waals surface area contributed by atoms with Gasteiger partial charge in [0.2, 0.25) is 11.0 Å². The second kappa shape index (κ2) is 2.31. The van der Waals surface area contributed by atoms with Crippen molar-refractivity contribution in [3.63, 3.8) is 0 Å². The highest BCUT2D eigenvalue weighted by Gasteiger charge is 2.12. The van der Waals surface area contributed by atoms with Crippen molar-refractivity contribution in [2.24, 2.45) is 0 Å². The van der Waals surface area contributed by atoms with Gasteiger partial charge in [-0.3, -0.25) is 4.63 Å². The summed E-state index contributed by atoms with van der Waals surface area (Å²) in [7, 11) is 0. The lowest BCUT2D eigenvalue weighted by molar-refractivity contribution is -0.782. The van der Waals surface area contributed by atoms with Gasteiger partial charge in [0.05, 0.1) is 5.02 Å². The summed E-state index contributed by atoms with van der Waals surface area (Å²) >= 11 is 5.43. The van der Waals surface area contributed by atoms with Gasteiger partial charge in [0, 0.05) is 17.3 Å². The van der Waals surface area contributed by atoms with Crippen LogP contribution in [0.5, 0.6) is 0 Å². The van der Waals surface area contributed by atoms with Crippen molar-refractivity contribution < 1.29 is 13.9 Å². The summed E-state index contributed by atoms with van der Waals surface area (Å²) in [6.07, 6.45) is 0. The van der Waals surface area contributed by atoms with Gasteiger partial charge in [-0.25, -0.2) is 4.39 Å². The summed E-state index contributed by atoms with van der Waals surface area (Å²) in [5.74, 6) is -0.669. The molecule has 0 amide bonds. The molecule has 0 aliphatic rings. The van der Waals surface area contributed by atoms with Gasteiger partial charge in [-0.15, -0.1) is 0 Å². The molecule has 1 aromatic carbocycles. The molecule has 4 nitrogen and oxygen atoms in total. The Morgan fingerprint density at radius 1 is 1.58 bits per heavy atom. The average molecular weight is 189 g/mol. The minimum absolute atomic E-state index is 0.0249. The summed E-state index contributed by atoms with van der Waals surface area (Å²) in [5, 5.41) is 14.0. The zero-order valence-electron chi connectivity index (χ0n) is 5.62. The highest BCUT2D eigenvalue weighted by atomic mass is 35.5. The minimum Gasteiger partial charge on any atom is -0.359 e. The van der Waals surface area contributed by atoms with Crippen molar-refractivity contribution in [3.05, 3.63) is 28.2 Å². The van der Waals surface area contributed by atoms with Crippen molar-refractivity contribution in [3.8, 4) is 0 Å². The van der Waals surface area contributed by atoms with Crippen LogP contribution in [0, 0.1) is 11.0 Å². The van der Waals surface area contributed by atoms with Gasteiger partial charge >= 0.3 is 0 Å². The molecule has 0 atom stereocenters. The first-order valence-electron chi connectivity index (χ1n) is 3.03. The molecule has 62 valence electrons.